The van der Waals surface area contributed by atoms with Gasteiger partial charge >= 0.3 is 0 Å². The number of hydrogen-bond acceptors (Lipinski definition) is 5. The molecule has 2 aliphatic rings. The lowest BCUT2D eigenvalue weighted by Gasteiger charge is -2.33. The number of aliphatic imine (C=N–C) groups is 1. The van der Waals surface area contributed by atoms with Crippen LogP contribution in [0.5, 0.6) is 5.75 Å². The molecule has 2 N–H and O–H groups in total. The van der Waals surface area contributed by atoms with Crippen molar-refractivity contribution in [1.29, 1.82) is 0 Å². The Kier molecular flexibility index (Phi) is 12.3. The highest BCUT2D eigenvalue weighted by Crippen LogP contribution is 2.31. The summed E-state index contributed by atoms with van der Waals surface area (Å²) in [6.45, 7) is 12.4. The molecule has 1 saturated heterocycles. The van der Waals surface area contributed by atoms with Gasteiger partial charge in [-0.1, -0.05) is 12.1 Å². The number of piperidine rings is 1. The molecule has 0 aromatic heterocycles. The van der Waals surface area contributed by atoms with E-state index in [0.29, 0.717) is 25.2 Å². The average molecular weight is 574 g/mol. The molecule has 1 aromatic rings. The summed E-state index contributed by atoms with van der Waals surface area (Å²) in [6, 6.07) is 8.13. The lowest BCUT2D eigenvalue weighted by molar-refractivity contribution is -0.121. The number of carbonyl (C=O) groups excluding carboxylic acids is 1. The fourth-order valence-electron chi connectivity index (χ4n) is 4.05. The van der Waals surface area contributed by atoms with Crippen LogP contribution in [-0.4, -0.2) is 81.4 Å². The molecule has 9 heteroatoms. The van der Waals surface area contributed by atoms with Gasteiger partial charge in [0.1, 0.15) is 5.75 Å². The monoisotopic (exact) mass is 573 g/mol. The largest absolute Gasteiger partial charge is 0.482 e. The summed E-state index contributed by atoms with van der Waals surface area (Å²) in [5, 5.41) is 6.95. The second-order valence-electron chi connectivity index (χ2n) is 8.60. The minimum Gasteiger partial charge on any atom is -0.482 e. The number of hydrogen-bond donors (Lipinski definition) is 2. The smallest absolute Gasteiger partial charge is 0.265 e. The van der Waals surface area contributed by atoms with E-state index in [0.717, 1.165) is 69.4 Å². The molecule has 0 spiro atoms. The average Bonchev–Trinajstić information content (AvgIpc) is 2.79. The Morgan fingerprint density at radius 1 is 1.24 bits per heavy atom. The van der Waals surface area contributed by atoms with Gasteiger partial charge in [-0.25, -0.2) is 0 Å². The van der Waals surface area contributed by atoms with Crippen LogP contribution < -0.4 is 20.3 Å². The lowest BCUT2D eigenvalue weighted by Crippen LogP contribution is -2.49. The molecule has 33 heavy (non-hydrogen) atoms. The molecule has 0 unspecified atom stereocenters. The quantitative estimate of drug-likeness (QED) is 0.194. The molecule has 0 bridgehead atoms. The van der Waals surface area contributed by atoms with Crippen LogP contribution in [0.2, 0.25) is 0 Å². The van der Waals surface area contributed by atoms with E-state index >= 15 is 0 Å². The van der Waals surface area contributed by atoms with Crippen LogP contribution in [-0.2, 0) is 9.53 Å². The zero-order valence-electron chi connectivity index (χ0n) is 20.2. The van der Waals surface area contributed by atoms with Crippen LogP contribution >= 0.6 is 24.0 Å². The van der Waals surface area contributed by atoms with Gasteiger partial charge in [-0.05, 0) is 52.2 Å². The molecule has 1 fully saturated rings. The molecule has 8 nitrogen and oxygen atoms in total. The number of likely N-dealkylation sites (tertiary alicyclic amines) is 1. The Labute approximate surface area is 215 Å². The number of anilines is 1. The van der Waals surface area contributed by atoms with Crippen molar-refractivity contribution in [3.8, 4) is 5.75 Å². The predicted octanol–water partition coefficient (Wildman–Crippen LogP) is 2.86. The summed E-state index contributed by atoms with van der Waals surface area (Å²) < 4.78 is 11.2. The first kappa shape index (κ1) is 27.7. The summed E-state index contributed by atoms with van der Waals surface area (Å²) in [5.74, 6) is 1.64. The second-order valence-corrected chi connectivity index (χ2v) is 8.60. The third kappa shape index (κ3) is 8.94. The van der Waals surface area contributed by atoms with Crippen molar-refractivity contribution in [1.82, 2.24) is 15.5 Å². The van der Waals surface area contributed by atoms with Gasteiger partial charge in [0.05, 0.1) is 18.4 Å². The SMILES string of the molecule is CCNC(=NCCCN1C(=O)COc2ccccc21)NC1CCN(CCOC(C)C)CC1.I. The van der Waals surface area contributed by atoms with Crippen LogP contribution in [0.4, 0.5) is 5.69 Å². The highest BCUT2D eigenvalue weighted by molar-refractivity contribution is 14.0. The van der Waals surface area contributed by atoms with E-state index in [1.54, 1.807) is 0 Å². The topological polar surface area (TPSA) is 78.4 Å². The Bertz CT molecular complexity index is 753. The highest BCUT2D eigenvalue weighted by Gasteiger charge is 2.24. The van der Waals surface area contributed by atoms with Crippen LogP contribution in [0.15, 0.2) is 29.3 Å². The van der Waals surface area contributed by atoms with Gasteiger partial charge in [-0.3, -0.25) is 9.79 Å². The molecule has 0 saturated carbocycles. The Morgan fingerprint density at radius 2 is 2.00 bits per heavy atom. The van der Waals surface area contributed by atoms with Crippen LogP contribution in [0.25, 0.3) is 0 Å². The molecular formula is C24H40IN5O3. The third-order valence-corrected chi connectivity index (χ3v) is 5.75. The summed E-state index contributed by atoms with van der Waals surface area (Å²) in [4.78, 5) is 21.3. The molecule has 2 heterocycles. The number of benzene rings is 1. The lowest BCUT2D eigenvalue weighted by atomic mass is 10.1. The maximum atomic E-state index is 12.3. The van der Waals surface area contributed by atoms with E-state index in [9.17, 15) is 4.79 Å². The van der Waals surface area contributed by atoms with Gasteiger partial charge in [0.25, 0.3) is 5.91 Å². The van der Waals surface area contributed by atoms with E-state index in [-0.39, 0.29) is 36.5 Å². The Hall–Kier alpha value is -1.59. The number of halogens is 1. The van der Waals surface area contributed by atoms with Crippen LogP contribution in [0, 0.1) is 0 Å². The molecule has 3 rings (SSSR count). The Morgan fingerprint density at radius 3 is 2.73 bits per heavy atom. The van der Waals surface area contributed by atoms with Crippen molar-refractivity contribution >= 4 is 41.5 Å². The molecule has 1 amide bonds. The standard InChI is InChI=1S/C24H39N5O3.HI/c1-4-25-24(27-20-10-14-28(15-11-20)16-17-31-19(2)3)26-12-7-13-29-21-8-5-6-9-22(21)32-18-23(29)30;/h5-6,8-9,19-20H,4,7,10-18H2,1-3H3,(H2,25,26,27);1H. The van der Waals surface area contributed by atoms with E-state index < -0.39 is 0 Å². The molecule has 0 radical (unpaired) electrons. The van der Waals surface area contributed by atoms with Crippen molar-refractivity contribution < 1.29 is 14.3 Å². The molecule has 186 valence electrons. The molecular weight excluding hydrogens is 533 g/mol. The van der Waals surface area contributed by atoms with Gasteiger partial charge < -0.3 is 29.9 Å². The summed E-state index contributed by atoms with van der Waals surface area (Å²) in [5.41, 5.74) is 0.850. The summed E-state index contributed by atoms with van der Waals surface area (Å²) in [7, 11) is 0. The van der Waals surface area contributed by atoms with E-state index in [2.05, 4.69) is 36.3 Å². The maximum absolute atomic E-state index is 12.3. The minimum atomic E-state index is 0. The van der Waals surface area contributed by atoms with E-state index in [1.165, 1.54) is 0 Å². The maximum Gasteiger partial charge on any atom is 0.265 e. The van der Waals surface area contributed by atoms with Gasteiger partial charge in [-0.15, -0.1) is 24.0 Å². The van der Waals surface area contributed by atoms with Crippen LogP contribution in [0.3, 0.4) is 0 Å². The predicted molar refractivity (Wildman–Crippen MR) is 144 cm³/mol. The minimum absolute atomic E-state index is 0. The van der Waals surface area contributed by atoms with Crippen molar-refractivity contribution in [3.63, 3.8) is 0 Å². The Balaban J connectivity index is 0.00000385. The van der Waals surface area contributed by atoms with Crippen molar-refractivity contribution in [2.24, 2.45) is 4.99 Å². The number of nitrogens with one attached hydrogen (secondary N) is 2. The van der Waals surface area contributed by atoms with Crippen molar-refractivity contribution in [2.45, 2.75) is 52.2 Å². The van der Waals surface area contributed by atoms with E-state index in [1.807, 2.05) is 29.2 Å². The number of rotatable bonds is 10. The highest BCUT2D eigenvalue weighted by atomic mass is 127. The second kappa shape index (κ2) is 14.6. The van der Waals surface area contributed by atoms with Gasteiger partial charge in [0, 0.05) is 45.3 Å². The first-order valence-electron chi connectivity index (χ1n) is 12.0. The molecule has 2 aliphatic heterocycles. The number of guanidine groups is 1. The summed E-state index contributed by atoms with van der Waals surface area (Å²) >= 11 is 0. The van der Waals surface area contributed by atoms with E-state index in [4.69, 9.17) is 14.5 Å². The van der Waals surface area contributed by atoms with Crippen molar-refractivity contribution in [2.75, 3.05) is 57.4 Å². The number of amides is 1. The number of carbonyl (C=O) groups is 1. The first-order valence-corrected chi connectivity index (χ1v) is 12.0. The fourth-order valence-corrected chi connectivity index (χ4v) is 4.05. The van der Waals surface area contributed by atoms with Gasteiger partial charge in [-0.2, -0.15) is 0 Å². The number of fused-ring (bicyclic) bond motifs is 1. The zero-order valence-corrected chi connectivity index (χ0v) is 22.5. The molecule has 0 atom stereocenters. The molecule has 0 aliphatic carbocycles. The number of ether oxygens (including phenoxy) is 2. The normalized spacial score (nSPS) is 17.4. The number of para-hydroxylation sites is 2. The zero-order chi connectivity index (χ0) is 22.8. The van der Waals surface area contributed by atoms with Gasteiger partial charge in [0.15, 0.2) is 12.6 Å². The third-order valence-electron chi connectivity index (χ3n) is 5.75. The van der Waals surface area contributed by atoms with Crippen molar-refractivity contribution in [3.05, 3.63) is 24.3 Å². The summed E-state index contributed by atoms with van der Waals surface area (Å²) in [6.07, 6.45) is 3.30. The van der Waals surface area contributed by atoms with Crippen LogP contribution in [0.1, 0.15) is 40.0 Å². The first-order chi connectivity index (χ1) is 15.6. The molecule has 1 aromatic carbocycles. The van der Waals surface area contributed by atoms with Gasteiger partial charge in [0.2, 0.25) is 0 Å². The number of nitrogens with zero attached hydrogens (tertiary/aromatic N) is 3. The fraction of sp³-hybridized carbons (Fsp3) is 0.667.